The standard InChI is InChI=1S/C12H17/c1-3-4-5-9-12-10-7-6-8-11(12)2/h6-8,10H,2-5,9H2,1H3. The molecule has 0 heteroatoms. The molecule has 0 aliphatic heterocycles. The first-order chi connectivity index (χ1) is 5.84. The summed E-state index contributed by atoms with van der Waals surface area (Å²) in [5, 5.41) is 0. The zero-order valence-electron chi connectivity index (χ0n) is 7.84. The molecule has 1 aromatic carbocycles. The second-order valence-electron chi connectivity index (χ2n) is 3.23. The molecule has 12 heavy (non-hydrogen) atoms. The van der Waals surface area contributed by atoms with Crippen LogP contribution in [-0.4, -0.2) is 0 Å². The van der Waals surface area contributed by atoms with Gasteiger partial charge in [-0.2, -0.15) is 0 Å². The van der Waals surface area contributed by atoms with Crippen LogP contribution in [0.15, 0.2) is 24.3 Å². The van der Waals surface area contributed by atoms with E-state index in [1.165, 1.54) is 36.8 Å². The molecule has 0 atom stereocenters. The Kier molecular flexibility index (Phi) is 3.86. The Labute approximate surface area is 75.6 Å². The molecule has 0 N–H and O–H groups in total. The summed E-state index contributed by atoms with van der Waals surface area (Å²) in [6.45, 7) is 6.23. The lowest BCUT2D eigenvalue weighted by Gasteiger charge is -2.03. The third-order valence-corrected chi connectivity index (χ3v) is 2.17. The average Bonchev–Trinajstić information content (AvgIpc) is 2.09. The third kappa shape index (κ3) is 2.69. The normalized spacial score (nSPS) is 10.2. The Morgan fingerprint density at radius 3 is 2.58 bits per heavy atom. The van der Waals surface area contributed by atoms with Crippen LogP contribution in [0.3, 0.4) is 0 Å². The highest BCUT2D eigenvalue weighted by Gasteiger charge is 1.95. The zero-order chi connectivity index (χ0) is 8.81. The maximum atomic E-state index is 4.00. The lowest BCUT2D eigenvalue weighted by atomic mass is 10.0. The summed E-state index contributed by atoms with van der Waals surface area (Å²) in [4.78, 5) is 0. The van der Waals surface area contributed by atoms with Crippen molar-refractivity contribution in [2.75, 3.05) is 0 Å². The van der Waals surface area contributed by atoms with E-state index in [1.807, 2.05) is 6.07 Å². The van der Waals surface area contributed by atoms with Gasteiger partial charge in [0.2, 0.25) is 0 Å². The van der Waals surface area contributed by atoms with Gasteiger partial charge in [0.05, 0.1) is 0 Å². The van der Waals surface area contributed by atoms with Crippen molar-refractivity contribution in [3.05, 3.63) is 42.3 Å². The van der Waals surface area contributed by atoms with Gasteiger partial charge >= 0.3 is 0 Å². The van der Waals surface area contributed by atoms with E-state index < -0.39 is 0 Å². The van der Waals surface area contributed by atoms with Crippen LogP contribution >= 0.6 is 0 Å². The van der Waals surface area contributed by atoms with Crippen molar-refractivity contribution in [1.82, 2.24) is 0 Å². The van der Waals surface area contributed by atoms with Gasteiger partial charge in [0.25, 0.3) is 0 Å². The smallest absolute Gasteiger partial charge is 0.0235 e. The molecule has 0 spiro atoms. The van der Waals surface area contributed by atoms with Crippen molar-refractivity contribution in [2.45, 2.75) is 32.6 Å². The molecule has 0 saturated heterocycles. The fourth-order valence-electron chi connectivity index (χ4n) is 1.37. The van der Waals surface area contributed by atoms with E-state index in [0.717, 1.165) is 0 Å². The monoisotopic (exact) mass is 161 g/mol. The van der Waals surface area contributed by atoms with E-state index in [2.05, 4.69) is 32.0 Å². The van der Waals surface area contributed by atoms with E-state index in [1.54, 1.807) is 0 Å². The number of rotatable bonds is 4. The van der Waals surface area contributed by atoms with Crippen molar-refractivity contribution >= 4 is 0 Å². The van der Waals surface area contributed by atoms with Gasteiger partial charge < -0.3 is 0 Å². The summed E-state index contributed by atoms with van der Waals surface area (Å²) in [6, 6.07) is 8.40. The largest absolute Gasteiger partial charge is 0.0654 e. The van der Waals surface area contributed by atoms with Crippen molar-refractivity contribution < 1.29 is 0 Å². The van der Waals surface area contributed by atoms with E-state index in [-0.39, 0.29) is 0 Å². The number of hydrogen-bond donors (Lipinski definition) is 0. The number of hydrogen-bond acceptors (Lipinski definition) is 0. The molecule has 0 aliphatic carbocycles. The minimum Gasteiger partial charge on any atom is -0.0654 e. The van der Waals surface area contributed by atoms with Crippen molar-refractivity contribution in [2.24, 2.45) is 0 Å². The Morgan fingerprint density at radius 2 is 1.92 bits per heavy atom. The van der Waals surface area contributed by atoms with Gasteiger partial charge in [0, 0.05) is 0 Å². The predicted molar refractivity (Wildman–Crippen MR) is 54.1 cm³/mol. The van der Waals surface area contributed by atoms with Gasteiger partial charge in [-0.05, 0) is 30.9 Å². The van der Waals surface area contributed by atoms with Crippen LogP contribution in [0.5, 0.6) is 0 Å². The van der Waals surface area contributed by atoms with Gasteiger partial charge in [0.15, 0.2) is 0 Å². The van der Waals surface area contributed by atoms with Gasteiger partial charge in [-0.1, -0.05) is 44.0 Å². The average molecular weight is 161 g/mol. The van der Waals surface area contributed by atoms with Crippen molar-refractivity contribution in [1.29, 1.82) is 0 Å². The summed E-state index contributed by atoms with van der Waals surface area (Å²) < 4.78 is 0. The van der Waals surface area contributed by atoms with Crippen LogP contribution < -0.4 is 0 Å². The van der Waals surface area contributed by atoms with Crippen LogP contribution in [0.1, 0.15) is 37.3 Å². The summed E-state index contributed by atoms with van der Waals surface area (Å²) in [6.07, 6.45) is 5.10. The summed E-state index contributed by atoms with van der Waals surface area (Å²) in [7, 11) is 0. The van der Waals surface area contributed by atoms with E-state index in [4.69, 9.17) is 0 Å². The molecule has 1 rings (SSSR count). The predicted octanol–water partition coefficient (Wildman–Crippen LogP) is 3.60. The topological polar surface area (TPSA) is 0 Å². The molecule has 65 valence electrons. The van der Waals surface area contributed by atoms with Gasteiger partial charge in [-0.15, -0.1) is 0 Å². The van der Waals surface area contributed by atoms with Crippen LogP contribution in [0, 0.1) is 6.92 Å². The summed E-state index contributed by atoms with van der Waals surface area (Å²) in [5.41, 5.74) is 2.60. The van der Waals surface area contributed by atoms with Crippen molar-refractivity contribution in [3.8, 4) is 0 Å². The molecule has 0 nitrogen and oxygen atoms in total. The van der Waals surface area contributed by atoms with Gasteiger partial charge in [0.1, 0.15) is 0 Å². The molecule has 0 aliphatic rings. The number of aryl methyl sites for hydroxylation is 1. The lowest BCUT2D eigenvalue weighted by Crippen LogP contribution is -1.88. The highest BCUT2D eigenvalue weighted by Crippen LogP contribution is 2.10. The Morgan fingerprint density at radius 1 is 1.17 bits per heavy atom. The van der Waals surface area contributed by atoms with E-state index >= 15 is 0 Å². The first-order valence-corrected chi connectivity index (χ1v) is 4.74. The minimum absolute atomic E-state index is 1.19. The Bertz CT molecular complexity index is 225. The molecule has 0 saturated carbocycles. The molecule has 0 bridgehead atoms. The van der Waals surface area contributed by atoms with Gasteiger partial charge in [-0.3, -0.25) is 0 Å². The Balaban J connectivity index is 2.46. The maximum absolute atomic E-state index is 4.00. The zero-order valence-corrected chi connectivity index (χ0v) is 7.84. The summed E-state index contributed by atoms with van der Waals surface area (Å²) >= 11 is 0. The Hall–Kier alpha value is -0.780. The molecular formula is C12H17. The lowest BCUT2D eigenvalue weighted by molar-refractivity contribution is 0.716. The first kappa shape index (κ1) is 9.31. The van der Waals surface area contributed by atoms with E-state index in [0.29, 0.717) is 0 Å². The highest BCUT2D eigenvalue weighted by molar-refractivity contribution is 5.29. The molecule has 1 aromatic rings. The summed E-state index contributed by atoms with van der Waals surface area (Å²) in [5.74, 6) is 0. The molecule has 1 radical (unpaired) electrons. The molecule has 0 fully saturated rings. The van der Waals surface area contributed by atoms with Crippen LogP contribution in [-0.2, 0) is 6.42 Å². The first-order valence-electron chi connectivity index (χ1n) is 4.74. The molecule has 0 aromatic heterocycles. The number of benzene rings is 1. The minimum atomic E-state index is 1.19. The number of unbranched alkanes of at least 4 members (excludes halogenated alkanes) is 2. The van der Waals surface area contributed by atoms with E-state index in [9.17, 15) is 0 Å². The third-order valence-electron chi connectivity index (χ3n) is 2.17. The highest BCUT2D eigenvalue weighted by atomic mass is 14.0. The fourth-order valence-corrected chi connectivity index (χ4v) is 1.37. The maximum Gasteiger partial charge on any atom is -0.0235 e. The SMILES string of the molecule is [CH2]c1ccccc1CCCCC. The molecular weight excluding hydrogens is 144 g/mol. The van der Waals surface area contributed by atoms with Gasteiger partial charge in [-0.25, -0.2) is 0 Å². The molecule has 0 amide bonds. The van der Waals surface area contributed by atoms with Crippen molar-refractivity contribution in [3.63, 3.8) is 0 Å². The van der Waals surface area contributed by atoms with Crippen LogP contribution in [0.4, 0.5) is 0 Å². The second-order valence-corrected chi connectivity index (χ2v) is 3.23. The van der Waals surface area contributed by atoms with Crippen LogP contribution in [0.2, 0.25) is 0 Å². The fraction of sp³-hybridized carbons (Fsp3) is 0.417. The van der Waals surface area contributed by atoms with Crippen LogP contribution in [0.25, 0.3) is 0 Å². The second kappa shape index (κ2) is 4.97. The molecule has 0 unspecified atom stereocenters. The quantitative estimate of drug-likeness (QED) is 0.592. The molecule has 0 heterocycles.